The predicted molar refractivity (Wildman–Crippen MR) is 330 cm³/mol. The fourth-order valence-electron chi connectivity index (χ4n) is 10.7. The summed E-state index contributed by atoms with van der Waals surface area (Å²) in [6, 6.07) is 97.1. The number of nitrogens with zero attached hydrogens (tertiary/aromatic N) is 8. The summed E-state index contributed by atoms with van der Waals surface area (Å²) < 4.78 is 2.34. The highest BCUT2D eigenvalue weighted by molar-refractivity contribution is 6.12. The molecule has 81 heavy (non-hydrogen) atoms. The van der Waals surface area contributed by atoms with Crippen LogP contribution in [0.15, 0.2) is 279 Å². The number of hydrogen-bond acceptors (Lipinski definition) is 5. The molecule has 0 saturated heterocycles. The molecular weight excluding hydrogens is 989 g/mol. The number of benzene rings is 11. The summed E-state index contributed by atoms with van der Waals surface area (Å²) in [7, 11) is 0. The largest absolute Gasteiger partial charge is 0.311 e. The van der Waals surface area contributed by atoms with E-state index >= 15 is 0 Å². The summed E-state index contributed by atoms with van der Waals surface area (Å²) in [5.74, 6) is 0.600. The molecule has 11 aromatic carbocycles. The molecule has 0 fully saturated rings. The average Bonchev–Trinajstić information content (AvgIpc) is 4.14. The molecule has 0 aliphatic rings. The van der Waals surface area contributed by atoms with Crippen molar-refractivity contribution in [3.05, 3.63) is 307 Å². The van der Waals surface area contributed by atoms with Crippen molar-refractivity contribution >= 4 is 67.3 Å². The van der Waals surface area contributed by atoms with Crippen molar-refractivity contribution in [1.29, 1.82) is 5.26 Å². The van der Waals surface area contributed by atoms with Crippen LogP contribution >= 0.6 is 0 Å². The normalized spacial score (nSPS) is 10.9. The van der Waals surface area contributed by atoms with Gasteiger partial charge in [-0.3, -0.25) is 0 Å². The molecule has 8 nitrogen and oxygen atoms in total. The van der Waals surface area contributed by atoms with E-state index in [9.17, 15) is 5.26 Å². The maximum Gasteiger partial charge on any atom is 0.187 e. The van der Waals surface area contributed by atoms with Gasteiger partial charge in [-0.15, -0.1) is 0 Å². The van der Waals surface area contributed by atoms with Crippen LogP contribution in [0.4, 0.5) is 45.5 Å². The van der Waals surface area contributed by atoms with E-state index in [0.717, 1.165) is 106 Å². The van der Waals surface area contributed by atoms with Crippen LogP contribution in [0.1, 0.15) is 5.56 Å². The summed E-state index contributed by atoms with van der Waals surface area (Å²) in [4.78, 5) is 21.7. The quantitative estimate of drug-likeness (QED) is 0.114. The number of fused-ring (bicyclic) bond motifs is 3. The first-order valence-corrected chi connectivity index (χ1v) is 26.5. The molecule has 0 atom stereocenters. The molecule has 8 heteroatoms. The van der Waals surface area contributed by atoms with Crippen LogP contribution < -0.4 is 9.80 Å². The van der Waals surface area contributed by atoms with Gasteiger partial charge in [0.25, 0.3) is 0 Å². The molecule has 0 aliphatic heterocycles. The lowest BCUT2D eigenvalue weighted by Gasteiger charge is -2.26. The Balaban J connectivity index is 0.868. The van der Waals surface area contributed by atoms with E-state index in [1.54, 1.807) is 0 Å². The third kappa shape index (κ3) is 9.57. The molecule has 0 saturated carbocycles. The van der Waals surface area contributed by atoms with Crippen LogP contribution in [-0.2, 0) is 0 Å². The zero-order valence-corrected chi connectivity index (χ0v) is 43.6. The maximum atomic E-state index is 10.6. The van der Waals surface area contributed by atoms with E-state index < -0.39 is 0 Å². The highest BCUT2D eigenvalue weighted by Crippen LogP contribution is 2.44. The van der Waals surface area contributed by atoms with Gasteiger partial charge in [0.1, 0.15) is 0 Å². The minimum absolute atomic E-state index is 0.530. The van der Waals surface area contributed by atoms with Crippen LogP contribution in [-0.4, -0.2) is 14.5 Å². The number of aromatic nitrogens is 3. The van der Waals surface area contributed by atoms with E-state index in [1.165, 1.54) is 0 Å². The van der Waals surface area contributed by atoms with Crippen LogP contribution in [0.25, 0.3) is 93.3 Å². The fraction of sp³-hybridized carbons (Fsp3) is 0. The fourth-order valence-corrected chi connectivity index (χ4v) is 10.7. The number of rotatable bonds is 12. The zero-order chi connectivity index (χ0) is 54.7. The maximum absolute atomic E-state index is 10.6. The Morgan fingerprint density at radius 1 is 0.358 bits per heavy atom. The van der Waals surface area contributed by atoms with Gasteiger partial charge in [0.15, 0.2) is 17.2 Å². The van der Waals surface area contributed by atoms with Gasteiger partial charge in [0.2, 0.25) is 0 Å². The number of hydrogen-bond donors (Lipinski definition) is 0. The average molecular weight is 1040 g/mol. The van der Waals surface area contributed by atoms with E-state index in [4.69, 9.17) is 23.1 Å². The summed E-state index contributed by atoms with van der Waals surface area (Å²) in [5, 5.41) is 12.7. The molecule has 0 aliphatic carbocycles. The van der Waals surface area contributed by atoms with Gasteiger partial charge in [-0.25, -0.2) is 19.7 Å². The van der Waals surface area contributed by atoms with Crippen molar-refractivity contribution in [1.82, 2.24) is 14.5 Å². The summed E-state index contributed by atoms with van der Waals surface area (Å²) >= 11 is 0. The Bertz CT molecular complexity index is 4340. The molecular formula is C73H46N8. The molecule has 2 heterocycles. The van der Waals surface area contributed by atoms with E-state index in [0.29, 0.717) is 28.5 Å². The molecule has 0 radical (unpaired) electrons. The standard InChI is InChI=1S/C73H46N8/c1-75-57-30-36-61(37-31-57)79(59-19-11-5-12-20-59)64-40-43-71-67(46-64)68-47-65(80(60-21-13-6-14-22-60)62-38-32-58(76-2)33-39-62)41-44-72(68)81(71)63-34-27-51(28-35-63)50-23-25-52(26-24-50)55-29-42-66(56(45-55)49-74)70-48-69(53-15-7-3-8-16-53)77-73(78-70)54-17-9-4-10-18-54/h3-48H. The second-order valence-corrected chi connectivity index (χ2v) is 19.5. The summed E-state index contributed by atoms with van der Waals surface area (Å²) in [5.41, 5.74) is 18.8. The SMILES string of the molecule is [C-]#[N+]c1ccc(N(c2ccccc2)c2ccc3c(c2)c2cc(N(c4ccccc4)c4ccc([N+]#[C-])cc4)ccc2n3-c2ccc(-c3ccc(-c4ccc(-c5cc(-c6ccccc6)nc(-c6ccccc6)n5)c(C#N)c4)cc3)cc2)cc1. The van der Waals surface area contributed by atoms with Gasteiger partial charge in [-0.05, 0) is 131 Å². The number of nitriles is 1. The third-order valence-corrected chi connectivity index (χ3v) is 14.7. The predicted octanol–water partition coefficient (Wildman–Crippen LogP) is 19.8. The Labute approximate surface area is 469 Å². The van der Waals surface area contributed by atoms with Crippen LogP contribution in [0, 0.1) is 24.5 Å². The number of para-hydroxylation sites is 2. The van der Waals surface area contributed by atoms with Crippen molar-refractivity contribution < 1.29 is 0 Å². The lowest BCUT2D eigenvalue weighted by atomic mass is 9.95. The molecule has 2 aromatic heterocycles. The second-order valence-electron chi connectivity index (χ2n) is 19.5. The van der Waals surface area contributed by atoms with Crippen molar-refractivity contribution in [2.24, 2.45) is 0 Å². The Morgan fingerprint density at radius 2 is 0.765 bits per heavy atom. The Kier molecular flexibility index (Phi) is 12.9. The first-order chi connectivity index (χ1) is 40.0. The molecule has 0 amide bonds. The third-order valence-electron chi connectivity index (χ3n) is 14.7. The van der Waals surface area contributed by atoms with E-state index in [1.807, 2.05) is 164 Å². The summed E-state index contributed by atoms with van der Waals surface area (Å²) in [6.45, 7) is 15.2. The lowest BCUT2D eigenvalue weighted by Crippen LogP contribution is -2.09. The molecule has 0 unspecified atom stereocenters. The minimum atomic E-state index is 0.530. The first kappa shape index (κ1) is 49.0. The van der Waals surface area contributed by atoms with Gasteiger partial charge >= 0.3 is 0 Å². The highest BCUT2D eigenvalue weighted by atomic mass is 15.2. The van der Waals surface area contributed by atoms with Crippen LogP contribution in [0.5, 0.6) is 0 Å². The second kappa shape index (κ2) is 21.4. The molecule has 0 N–H and O–H groups in total. The number of anilines is 6. The molecule has 378 valence electrons. The molecule has 0 bridgehead atoms. The van der Waals surface area contributed by atoms with Crippen LogP contribution in [0.2, 0.25) is 0 Å². The van der Waals surface area contributed by atoms with E-state index in [-0.39, 0.29) is 0 Å². The first-order valence-electron chi connectivity index (χ1n) is 26.5. The van der Waals surface area contributed by atoms with Crippen molar-refractivity contribution in [2.45, 2.75) is 0 Å². The van der Waals surface area contributed by atoms with Gasteiger partial charge in [-0.1, -0.05) is 170 Å². The summed E-state index contributed by atoms with van der Waals surface area (Å²) in [6.07, 6.45) is 0. The highest BCUT2D eigenvalue weighted by Gasteiger charge is 2.21. The van der Waals surface area contributed by atoms with Gasteiger partial charge in [0.05, 0.1) is 47.2 Å². The van der Waals surface area contributed by atoms with Gasteiger partial charge in [-0.2, -0.15) is 5.26 Å². The smallest absolute Gasteiger partial charge is 0.187 e. The van der Waals surface area contributed by atoms with Crippen LogP contribution in [0.3, 0.4) is 0 Å². The Morgan fingerprint density at radius 3 is 1.25 bits per heavy atom. The van der Waals surface area contributed by atoms with Gasteiger partial charge < -0.3 is 14.4 Å². The monoisotopic (exact) mass is 1030 g/mol. The zero-order valence-electron chi connectivity index (χ0n) is 43.6. The Hall–Kier alpha value is -11.6. The van der Waals surface area contributed by atoms with Crippen molar-refractivity contribution in [3.8, 4) is 67.9 Å². The van der Waals surface area contributed by atoms with Crippen molar-refractivity contribution in [2.75, 3.05) is 9.80 Å². The van der Waals surface area contributed by atoms with E-state index in [2.05, 4.69) is 145 Å². The van der Waals surface area contributed by atoms with Gasteiger partial charge in [0, 0.05) is 67.3 Å². The molecule has 13 aromatic rings. The molecule has 0 spiro atoms. The minimum Gasteiger partial charge on any atom is -0.311 e. The molecule has 13 rings (SSSR count). The van der Waals surface area contributed by atoms with Crippen molar-refractivity contribution in [3.63, 3.8) is 0 Å². The topological polar surface area (TPSA) is 69.7 Å². The lowest BCUT2D eigenvalue weighted by molar-refractivity contribution is 1.18.